The van der Waals surface area contributed by atoms with Crippen LogP contribution >= 0.6 is 11.6 Å². The van der Waals surface area contributed by atoms with Crippen molar-refractivity contribution >= 4 is 11.6 Å². The highest BCUT2D eigenvalue weighted by molar-refractivity contribution is 6.32. The highest BCUT2D eigenvalue weighted by Gasteiger charge is 2.17. The molecule has 0 aliphatic carbocycles. The van der Waals surface area contributed by atoms with E-state index in [1.54, 1.807) is 7.11 Å². The van der Waals surface area contributed by atoms with Crippen LogP contribution in [0.5, 0.6) is 5.75 Å². The average molecular weight is 282 g/mol. The van der Waals surface area contributed by atoms with Gasteiger partial charge in [0.25, 0.3) is 0 Å². The van der Waals surface area contributed by atoms with Crippen LogP contribution in [0.2, 0.25) is 5.02 Å². The predicted octanol–water partition coefficient (Wildman–Crippen LogP) is 4.16. The number of nitrogens with one attached hydrogen (secondary N) is 1. The van der Waals surface area contributed by atoms with E-state index in [2.05, 4.69) is 31.3 Å². The first-order chi connectivity index (χ1) is 9.11. The topological polar surface area (TPSA) is 21.3 Å². The van der Waals surface area contributed by atoms with Crippen molar-refractivity contribution in [3.8, 4) is 5.75 Å². The molecule has 1 fully saturated rings. The van der Waals surface area contributed by atoms with E-state index in [1.165, 1.54) is 30.4 Å². The van der Waals surface area contributed by atoms with Crippen LogP contribution in [0, 0.1) is 0 Å². The molecule has 1 aliphatic heterocycles. The van der Waals surface area contributed by atoms with Gasteiger partial charge in [-0.15, -0.1) is 0 Å². The second-order valence-corrected chi connectivity index (χ2v) is 6.11. The zero-order valence-corrected chi connectivity index (χ0v) is 12.9. The molecule has 1 heterocycles. The first-order valence-corrected chi connectivity index (χ1v) is 7.59. The molecule has 2 rings (SSSR count). The second-order valence-electron chi connectivity index (χ2n) is 5.71. The first-order valence-electron chi connectivity index (χ1n) is 7.21. The Balaban J connectivity index is 2.21. The van der Waals surface area contributed by atoms with Gasteiger partial charge in [0, 0.05) is 6.04 Å². The summed E-state index contributed by atoms with van der Waals surface area (Å²) in [6.07, 6.45) is 4.96. The highest BCUT2D eigenvalue weighted by atomic mass is 35.5. The minimum absolute atomic E-state index is 0.423. The van der Waals surface area contributed by atoms with Crippen molar-refractivity contribution in [3.05, 3.63) is 28.3 Å². The SMILES string of the molecule is COc1c(Cl)cc(CC2CCCCN2)cc1C(C)C. The van der Waals surface area contributed by atoms with Crippen LogP contribution < -0.4 is 10.1 Å². The first kappa shape index (κ1) is 14.7. The number of piperidine rings is 1. The molecule has 1 N–H and O–H groups in total. The van der Waals surface area contributed by atoms with Gasteiger partial charge in [0.05, 0.1) is 12.1 Å². The van der Waals surface area contributed by atoms with Crippen LogP contribution in [0.25, 0.3) is 0 Å². The van der Waals surface area contributed by atoms with Gasteiger partial charge in [0.1, 0.15) is 5.75 Å². The zero-order valence-electron chi connectivity index (χ0n) is 12.1. The normalized spacial score (nSPS) is 19.7. The summed E-state index contributed by atoms with van der Waals surface area (Å²) in [4.78, 5) is 0. The molecule has 19 heavy (non-hydrogen) atoms. The monoisotopic (exact) mass is 281 g/mol. The predicted molar refractivity (Wildman–Crippen MR) is 81.4 cm³/mol. The third-order valence-electron chi connectivity index (χ3n) is 3.85. The molecule has 0 amide bonds. The Kier molecular flexibility index (Phi) is 5.12. The van der Waals surface area contributed by atoms with Gasteiger partial charge in [-0.05, 0) is 48.9 Å². The minimum atomic E-state index is 0.423. The van der Waals surface area contributed by atoms with Crippen LogP contribution in [0.15, 0.2) is 12.1 Å². The number of benzene rings is 1. The van der Waals surface area contributed by atoms with Crippen LogP contribution in [-0.2, 0) is 6.42 Å². The van der Waals surface area contributed by atoms with Gasteiger partial charge in [0.15, 0.2) is 0 Å². The highest BCUT2D eigenvalue weighted by Crippen LogP contribution is 2.35. The molecule has 1 aromatic rings. The van der Waals surface area contributed by atoms with Crippen molar-refractivity contribution in [1.29, 1.82) is 0 Å². The van der Waals surface area contributed by atoms with Crippen molar-refractivity contribution in [2.45, 2.75) is 51.5 Å². The summed E-state index contributed by atoms with van der Waals surface area (Å²) in [5.41, 5.74) is 2.52. The lowest BCUT2D eigenvalue weighted by Crippen LogP contribution is -2.35. The minimum Gasteiger partial charge on any atom is -0.495 e. The third kappa shape index (κ3) is 3.64. The summed E-state index contributed by atoms with van der Waals surface area (Å²) < 4.78 is 5.43. The largest absolute Gasteiger partial charge is 0.495 e. The van der Waals surface area contributed by atoms with Crippen molar-refractivity contribution in [3.63, 3.8) is 0 Å². The summed E-state index contributed by atoms with van der Waals surface area (Å²) >= 11 is 6.35. The van der Waals surface area contributed by atoms with Gasteiger partial charge in [-0.1, -0.05) is 37.9 Å². The van der Waals surface area contributed by atoms with Gasteiger partial charge < -0.3 is 10.1 Å². The van der Waals surface area contributed by atoms with E-state index < -0.39 is 0 Å². The van der Waals surface area contributed by atoms with Crippen molar-refractivity contribution < 1.29 is 4.74 Å². The fourth-order valence-corrected chi connectivity index (χ4v) is 3.14. The molecule has 0 aromatic heterocycles. The Morgan fingerprint density at radius 2 is 2.16 bits per heavy atom. The second kappa shape index (κ2) is 6.62. The van der Waals surface area contributed by atoms with E-state index in [1.807, 2.05) is 0 Å². The zero-order chi connectivity index (χ0) is 13.8. The molecule has 3 heteroatoms. The van der Waals surface area contributed by atoms with Crippen LogP contribution in [0.3, 0.4) is 0 Å². The quantitative estimate of drug-likeness (QED) is 0.895. The summed E-state index contributed by atoms with van der Waals surface area (Å²) in [5.74, 6) is 1.25. The molecule has 0 bridgehead atoms. The van der Waals surface area contributed by atoms with Crippen LogP contribution in [0.4, 0.5) is 0 Å². The number of rotatable bonds is 4. The molecule has 1 aromatic carbocycles. The van der Waals surface area contributed by atoms with Gasteiger partial charge in [-0.3, -0.25) is 0 Å². The Morgan fingerprint density at radius 3 is 2.74 bits per heavy atom. The maximum atomic E-state index is 6.35. The lowest BCUT2D eigenvalue weighted by molar-refractivity contribution is 0.397. The molecule has 1 saturated heterocycles. The summed E-state index contributed by atoms with van der Waals surface area (Å²) in [7, 11) is 1.69. The lowest BCUT2D eigenvalue weighted by atomic mass is 9.94. The maximum absolute atomic E-state index is 6.35. The van der Waals surface area contributed by atoms with E-state index in [0.717, 1.165) is 23.7 Å². The fraction of sp³-hybridized carbons (Fsp3) is 0.625. The van der Waals surface area contributed by atoms with Gasteiger partial charge in [-0.2, -0.15) is 0 Å². The Hall–Kier alpha value is -0.730. The van der Waals surface area contributed by atoms with E-state index in [-0.39, 0.29) is 0 Å². The Bertz CT molecular complexity index is 425. The van der Waals surface area contributed by atoms with Gasteiger partial charge >= 0.3 is 0 Å². The van der Waals surface area contributed by atoms with Crippen LogP contribution in [-0.4, -0.2) is 19.7 Å². The number of hydrogen-bond acceptors (Lipinski definition) is 2. The summed E-state index contributed by atoms with van der Waals surface area (Å²) in [5, 5.41) is 4.33. The molecular formula is C16H24ClNO. The van der Waals surface area contributed by atoms with E-state index in [0.29, 0.717) is 12.0 Å². The molecule has 2 nitrogen and oxygen atoms in total. The standard InChI is InChI=1S/C16H24ClNO/c1-11(2)14-9-12(10-15(17)16(14)19-3)8-13-6-4-5-7-18-13/h9-11,13,18H,4-8H2,1-3H3. The smallest absolute Gasteiger partial charge is 0.140 e. The summed E-state index contributed by atoms with van der Waals surface area (Å²) in [6.45, 7) is 5.50. The molecular weight excluding hydrogens is 258 g/mol. The van der Waals surface area contributed by atoms with Gasteiger partial charge in [0.2, 0.25) is 0 Å². The summed E-state index contributed by atoms with van der Waals surface area (Å²) in [6, 6.07) is 4.91. The third-order valence-corrected chi connectivity index (χ3v) is 4.13. The lowest BCUT2D eigenvalue weighted by Gasteiger charge is -2.24. The molecule has 106 valence electrons. The molecule has 0 radical (unpaired) electrons. The maximum Gasteiger partial charge on any atom is 0.140 e. The molecule has 1 aliphatic rings. The van der Waals surface area contributed by atoms with Gasteiger partial charge in [-0.25, -0.2) is 0 Å². The van der Waals surface area contributed by atoms with E-state index in [4.69, 9.17) is 16.3 Å². The molecule has 1 atom stereocenters. The number of halogens is 1. The average Bonchev–Trinajstić information content (AvgIpc) is 2.39. The van der Waals surface area contributed by atoms with Crippen molar-refractivity contribution in [2.75, 3.05) is 13.7 Å². The van der Waals surface area contributed by atoms with E-state index in [9.17, 15) is 0 Å². The van der Waals surface area contributed by atoms with Crippen molar-refractivity contribution in [1.82, 2.24) is 5.32 Å². The number of hydrogen-bond donors (Lipinski definition) is 1. The molecule has 1 unspecified atom stereocenters. The van der Waals surface area contributed by atoms with Crippen LogP contribution in [0.1, 0.15) is 50.2 Å². The molecule has 0 spiro atoms. The van der Waals surface area contributed by atoms with E-state index >= 15 is 0 Å². The number of ether oxygens (including phenoxy) is 1. The van der Waals surface area contributed by atoms with Crippen molar-refractivity contribution in [2.24, 2.45) is 0 Å². The Labute approximate surface area is 121 Å². The Morgan fingerprint density at radius 1 is 1.37 bits per heavy atom. The molecule has 0 saturated carbocycles. The number of methoxy groups -OCH3 is 1. The fourth-order valence-electron chi connectivity index (χ4n) is 2.82.